The maximum absolute atomic E-state index is 10.4. The Hall–Kier alpha value is -0.160. The Balaban J connectivity index is 2.35. The minimum atomic E-state index is -0.666. The number of ether oxygens (including phenoxy) is 1. The van der Waals surface area contributed by atoms with E-state index in [9.17, 15) is 5.11 Å². The molecule has 0 bridgehead atoms. The minimum Gasteiger partial charge on any atom is -0.388 e. The predicted molar refractivity (Wildman–Crippen MR) is 70.2 cm³/mol. The molecule has 0 aromatic heterocycles. The fourth-order valence-electron chi connectivity index (χ4n) is 1.96. The molecule has 4 heteroatoms. The molecule has 0 spiro atoms. The Bertz CT molecular complexity index is 215. The Labute approximate surface area is 105 Å². The van der Waals surface area contributed by atoms with E-state index in [2.05, 4.69) is 24.1 Å². The van der Waals surface area contributed by atoms with Gasteiger partial charge in [0.15, 0.2) is 0 Å². The van der Waals surface area contributed by atoms with Crippen molar-refractivity contribution in [3.8, 4) is 0 Å². The summed E-state index contributed by atoms with van der Waals surface area (Å²) < 4.78 is 5.12. The molecule has 0 amide bonds. The lowest BCUT2D eigenvalue weighted by Crippen LogP contribution is -2.50. The summed E-state index contributed by atoms with van der Waals surface area (Å²) in [6.07, 6.45) is 2.52. The first-order chi connectivity index (χ1) is 7.94. The van der Waals surface area contributed by atoms with E-state index in [0.29, 0.717) is 18.6 Å². The fourth-order valence-corrected chi connectivity index (χ4v) is 1.96. The van der Waals surface area contributed by atoms with E-state index in [0.717, 1.165) is 19.7 Å². The van der Waals surface area contributed by atoms with Crippen LogP contribution in [0, 0.1) is 0 Å². The summed E-state index contributed by atoms with van der Waals surface area (Å²) in [7, 11) is 1.73. The fraction of sp³-hybridized carbons (Fsp3) is 1.00. The van der Waals surface area contributed by atoms with Gasteiger partial charge in [-0.05, 0) is 19.8 Å². The van der Waals surface area contributed by atoms with Crippen LogP contribution in [0.2, 0.25) is 0 Å². The lowest BCUT2D eigenvalue weighted by Gasteiger charge is -2.32. The van der Waals surface area contributed by atoms with E-state index in [1.54, 1.807) is 7.11 Å². The van der Waals surface area contributed by atoms with Gasteiger partial charge in [-0.3, -0.25) is 4.90 Å². The van der Waals surface area contributed by atoms with E-state index in [1.807, 2.05) is 6.92 Å². The second-order valence-corrected chi connectivity index (χ2v) is 5.73. The van der Waals surface area contributed by atoms with Gasteiger partial charge in [0.2, 0.25) is 0 Å². The highest BCUT2D eigenvalue weighted by molar-refractivity contribution is 4.89. The van der Waals surface area contributed by atoms with Crippen LogP contribution in [-0.4, -0.2) is 61.0 Å². The van der Waals surface area contributed by atoms with Gasteiger partial charge >= 0.3 is 0 Å². The zero-order chi connectivity index (χ0) is 12.9. The molecule has 1 atom stereocenters. The molecule has 17 heavy (non-hydrogen) atoms. The lowest BCUT2D eigenvalue weighted by molar-refractivity contribution is 0.00915. The molecule has 1 saturated carbocycles. The maximum Gasteiger partial charge on any atom is 0.0869 e. The quantitative estimate of drug-likeness (QED) is 0.631. The molecule has 1 fully saturated rings. The van der Waals surface area contributed by atoms with Crippen molar-refractivity contribution in [3.63, 3.8) is 0 Å². The summed E-state index contributed by atoms with van der Waals surface area (Å²) in [4.78, 5) is 2.35. The second kappa shape index (κ2) is 6.69. The molecule has 0 aliphatic heterocycles. The van der Waals surface area contributed by atoms with Crippen LogP contribution in [0.25, 0.3) is 0 Å². The highest BCUT2D eigenvalue weighted by atomic mass is 16.5. The average Bonchev–Trinajstić information content (AvgIpc) is 3.05. The molecule has 102 valence electrons. The third kappa shape index (κ3) is 6.36. The number of hydrogen-bond donors (Lipinski definition) is 2. The number of nitrogens with zero attached hydrogens (tertiary/aromatic N) is 1. The number of nitrogens with one attached hydrogen (secondary N) is 1. The van der Waals surface area contributed by atoms with Crippen molar-refractivity contribution in [2.24, 2.45) is 0 Å². The van der Waals surface area contributed by atoms with Crippen molar-refractivity contribution in [1.29, 1.82) is 0 Å². The van der Waals surface area contributed by atoms with Crippen LogP contribution < -0.4 is 5.32 Å². The Morgan fingerprint density at radius 1 is 1.47 bits per heavy atom. The summed E-state index contributed by atoms with van der Waals surface area (Å²) in [6, 6.07) is 1.07. The van der Waals surface area contributed by atoms with E-state index < -0.39 is 5.60 Å². The van der Waals surface area contributed by atoms with Crippen LogP contribution >= 0.6 is 0 Å². The van der Waals surface area contributed by atoms with E-state index in [4.69, 9.17) is 4.74 Å². The number of hydrogen-bond acceptors (Lipinski definition) is 4. The molecular weight excluding hydrogens is 216 g/mol. The first-order valence-electron chi connectivity index (χ1n) is 6.63. The van der Waals surface area contributed by atoms with Crippen LogP contribution in [-0.2, 0) is 4.74 Å². The molecule has 1 unspecified atom stereocenters. The normalized spacial score (nSPS) is 19.9. The summed E-state index contributed by atoms with van der Waals surface area (Å²) in [5, 5.41) is 13.7. The monoisotopic (exact) mass is 244 g/mol. The molecule has 2 N–H and O–H groups in total. The van der Waals surface area contributed by atoms with Crippen molar-refractivity contribution >= 4 is 0 Å². The standard InChI is InChI=1S/C13H28N2O2/c1-11(2)14-9-13(3,16)10-15(7-8-17-4)12-5-6-12/h11-12,14,16H,5-10H2,1-4H3. The topological polar surface area (TPSA) is 44.7 Å². The third-order valence-corrected chi connectivity index (χ3v) is 3.08. The van der Waals surface area contributed by atoms with Gasteiger partial charge in [0, 0.05) is 38.8 Å². The van der Waals surface area contributed by atoms with Gasteiger partial charge in [-0.2, -0.15) is 0 Å². The SMILES string of the molecule is COCCN(CC(C)(O)CNC(C)C)C1CC1. The summed E-state index contributed by atoms with van der Waals surface area (Å²) in [5.41, 5.74) is -0.666. The predicted octanol–water partition coefficient (Wildman–Crippen LogP) is 0.846. The van der Waals surface area contributed by atoms with Crippen LogP contribution in [0.5, 0.6) is 0 Å². The number of rotatable bonds is 9. The molecule has 0 aromatic carbocycles. The van der Waals surface area contributed by atoms with Gasteiger partial charge in [0.1, 0.15) is 0 Å². The molecule has 1 rings (SSSR count). The molecule has 0 heterocycles. The van der Waals surface area contributed by atoms with Crippen LogP contribution in [0.1, 0.15) is 33.6 Å². The number of methoxy groups -OCH3 is 1. The van der Waals surface area contributed by atoms with E-state index in [-0.39, 0.29) is 0 Å². The smallest absolute Gasteiger partial charge is 0.0869 e. The van der Waals surface area contributed by atoms with Gasteiger partial charge in [0.25, 0.3) is 0 Å². The van der Waals surface area contributed by atoms with Crippen LogP contribution in [0.4, 0.5) is 0 Å². The van der Waals surface area contributed by atoms with Gasteiger partial charge in [-0.15, -0.1) is 0 Å². The van der Waals surface area contributed by atoms with E-state index >= 15 is 0 Å². The van der Waals surface area contributed by atoms with Crippen molar-refractivity contribution in [3.05, 3.63) is 0 Å². The highest BCUT2D eigenvalue weighted by Gasteiger charge is 2.33. The Morgan fingerprint density at radius 3 is 2.59 bits per heavy atom. The highest BCUT2D eigenvalue weighted by Crippen LogP contribution is 2.27. The van der Waals surface area contributed by atoms with Crippen molar-refractivity contribution < 1.29 is 9.84 Å². The summed E-state index contributed by atoms with van der Waals surface area (Å²) >= 11 is 0. The molecule has 0 radical (unpaired) electrons. The average molecular weight is 244 g/mol. The first kappa shape index (κ1) is 14.9. The molecule has 0 aromatic rings. The van der Waals surface area contributed by atoms with Crippen LogP contribution in [0.3, 0.4) is 0 Å². The largest absolute Gasteiger partial charge is 0.388 e. The third-order valence-electron chi connectivity index (χ3n) is 3.08. The molecule has 1 aliphatic carbocycles. The maximum atomic E-state index is 10.4. The summed E-state index contributed by atoms with van der Waals surface area (Å²) in [6.45, 7) is 9.12. The molecule has 4 nitrogen and oxygen atoms in total. The Morgan fingerprint density at radius 2 is 2.12 bits per heavy atom. The van der Waals surface area contributed by atoms with Crippen molar-refractivity contribution in [2.75, 3.05) is 33.4 Å². The lowest BCUT2D eigenvalue weighted by atomic mass is 10.1. The van der Waals surface area contributed by atoms with Gasteiger partial charge < -0.3 is 15.2 Å². The van der Waals surface area contributed by atoms with Crippen LogP contribution in [0.15, 0.2) is 0 Å². The zero-order valence-electron chi connectivity index (χ0n) is 11.7. The van der Waals surface area contributed by atoms with E-state index in [1.165, 1.54) is 12.8 Å². The second-order valence-electron chi connectivity index (χ2n) is 5.73. The number of aliphatic hydroxyl groups is 1. The first-order valence-corrected chi connectivity index (χ1v) is 6.63. The minimum absolute atomic E-state index is 0.412. The van der Waals surface area contributed by atoms with Gasteiger partial charge in [-0.25, -0.2) is 0 Å². The van der Waals surface area contributed by atoms with Crippen molar-refractivity contribution in [2.45, 2.75) is 51.3 Å². The molecule has 0 saturated heterocycles. The molecule has 1 aliphatic rings. The van der Waals surface area contributed by atoms with Gasteiger partial charge in [0.05, 0.1) is 12.2 Å². The molecular formula is C13H28N2O2. The Kier molecular flexibility index (Phi) is 5.86. The summed E-state index contributed by atoms with van der Waals surface area (Å²) in [5.74, 6) is 0. The van der Waals surface area contributed by atoms with Gasteiger partial charge in [-0.1, -0.05) is 13.8 Å². The zero-order valence-corrected chi connectivity index (χ0v) is 11.7. The van der Waals surface area contributed by atoms with Crippen molar-refractivity contribution in [1.82, 2.24) is 10.2 Å².